The average molecular weight is 299 g/mol. The van der Waals surface area contributed by atoms with Crippen LogP contribution in [-0.4, -0.2) is 22.9 Å². The van der Waals surface area contributed by atoms with Crippen LogP contribution in [0.2, 0.25) is 0 Å². The maximum absolute atomic E-state index is 4.65. The number of fused-ring (bicyclic) bond motifs is 1. The number of halogens is 1. The van der Waals surface area contributed by atoms with E-state index in [1.807, 2.05) is 6.07 Å². The quantitative estimate of drug-likeness (QED) is 0.799. The maximum atomic E-state index is 4.65. The second-order valence-corrected chi connectivity index (χ2v) is 6.04. The number of alkyl halides is 1. The van der Waals surface area contributed by atoms with Crippen molar-refractivity contribution >= 4 is 42.6 Å². The SMILES string of the molecule is CN(c1nc2ccccc2s1)C(C)(C)CBr. The first-order valence-corrected chi connectivity index (χ1v) is 7.14. The van der Waals surface area contributed by atoms with Gasteiger partial charge in [0.2, 0.25) is 0 Å². The normalized spacial score (nSPS) is 12.0. The van der Waals surface area contributed by atoms with Gasteiger partial charge < -0.3 is 4.90 Å². The second-order valence-electron chi connectivity index (χ2n) is 4.47. The van der Waals surface area contributed by atoms with Crippen LogP contribution in [0.1, 0.15) is 13.8 Å². The highest BCUT2D eigenvalue weighted by Gasteiger charge is 2.24. The van der Waals surface area contributed by atoms with Crippen LogP contribution in [0.15, 0.2) is 24.3 Å². The lowest BCUT2D eigenvalue weighted by Crippen LogP contribution is -2.42. The third-order valence-corrected chi connectivity index (χ3v) is 5.29. The van der Waals surface area contributed by atoms with Crippen molar-refractivity contribution in [2.45, 2.75) is 19.4 Å². The molecule has 2 nitrogen and oxygen atoms in total. The van der Waals surface area contributed by atoms with Gasteiger partial charge in [0, 0.05) is 17.9 Å². The zero-order valence-electron chi connectivity index (χ0n) is 9.70. The van der Waals surface area contributed by atoms with E-state index in [-0.39, 0.29) is 5.54 Å². The van der Waals surface area contributed by atoms with Gasteiger partial charge in [0.15, 0.2) is 5.13 Å². The lowest BCUT2D eigenvalue weighted by atomic mass is 10.1. The first-order chi connectivity index (χ1) is 7.54. The maximum Gasteiger partial charge on any atom is 0.186 e. The van der Waals surface area contributed by atoms with Gasteiger partial charge in [0.05, 0.1) is 10.2 Å². The summed E-state index contributed by atoms with van der Waals surface area (Å²) >= 11 is 5.29. The van der Waals surface area contributed by atoms with Crippen molar-refractivity contribution in [3.63, 3.8) is 0 Å². The first kappa shape index (κ1) is 11.9. The van der Waals surface area contributed by atoms with Gasteiger partial charge in [-0.25, -0.2) is 4.98 Å². The van der Waals surface area contributed by atoms with Crippen molar-refractivity contribution in [3.8, 4) is 0 Å². The summed E-state index contributed by atoms with van der Waals surface area (Å²) in [5, 5.41) is 2.00. The first-order valence-electron chi connectivity index (χ1n) is 5.20. The van der Waals surface area contributed by atoms with Gasteiger partial charge >= 0.3 is 0 Å². The van der Waals surface area contributed by atoms with Gasteiger partial charge in [0.25, 0.3) is 0 Å². The molecule has 1 heterocycles. The molecule has 0 aliphatic carbocycles. The Morgan fingerprint density at radius 1 is 1.38 bits per heavy atom. The van der Waals surface area contributed by atoms with Crippen LogP contribution >= 0.6 is 27.3 Å². The molecule has 1 aromatic heterocycles. The average Bonchev–Trinajstić information content (AvgIpc) is 2.71. The van der Waals surface area contributed by atoms with Crippen molar-refractivity contribution in [2.24, 2.45) is 0 Å². The van der Waals surface area contributed by atoms with Crippen molar-refractivity contribution in [1.29, 1.82) is 0 Å². The number of aromatic nitrogens is 1. The molecule has 0 bridgehead atoms. The van der Waals surface area contributed by atoms with Crippen molar-refractivity contribution < 1.29 is 0 Å². The van der Waals surface area contributed by atoms with E-state index in [0.29, 0.717) is 0 Å². The summed E-state index contributed by atoms with van der Waals surface area (Å²) in [6.45, 7) is 4.40. The highest BCUT2D eigenvalue weighted by Crippen LogP contribution is 2.31. The summed E-state index contributed by atoms with van der Waals surface area (Å²) in [6, 6.07) is 8.26. The van der Waals surface area contributed by atoms with Crippen molar-refractivity contribution in [1.82, 2.24) is 4.98 Å². The topological polar surface area (TPSA) is 16.1 Å². The Bertz CT molecular complexity index is 459. The minimum absolute atomic E-state index is 0.0773. The van der Waals surface area contributed by atoms with Gasteiger partial charge in [-0.15, -0.1) is 0 Å². The summed E-state index contributed by atoms with van der Waals surface area (Å²) in [6.07, 6.45) is 0. The molecule has 0 fully saturated rings. The number of hydrogen-bond donors (Lipinski definition) is 0. The van der Waals surface area contributed by atoms with Crippen LogP contribution in [0, 0.1) is 0 Å². The molecule has 0 saturated carbocycles. The number of para-hydroxylation sites is 1. The Morgan fingerprint density at radius 3 is 2.69 bits per heavy atom. The van der Waals surface area contributed by atoms with Crippen LogP contribution in [0.4, 0.5) is 5.13 Å². The van der Waals surface area contributed by atoms with Crippen LogP contribution in [0.25, 0.3) is 10.2 Å². The minimum atomic E-state index is 0.0773. The van der Waals surface area contributed by atoms with Crippen LogP contribution in [-0.2, 0) is 0 Å². The predicted molar refractivity (Wildman–Crippen MR) is 75.9 cm³/mol. The molecule has 0 aliphatic rings. The van der Waals surface area contributed by atoms with Crippen molar-refractivity contribution in [2.75, 3.05) is 17.3 Å². The molecule has 86 valence electrons. The predicted octanol–water partition coefficient (Wildman–Crippen LogP) is 3.91. The summed E-state index contributed by atoms with van der Waals surface area (Å²) in [5.41, 5.74) is 1.16. The minimum Gasteiger partial charge on any atom is -0.345 e. The molecule has 4 heteroatoms. The van der Waals surface area contributed by atoms with E-state index in [4.69, 9.17) is 0 Å². The van der Waals surface area contributed by atoms with Gasteiger partial charge in [0.1, 0.15) is 0 Å². The van der Waals surface area contributed by atoms with Crippen LogP contribution in [0.3, 0.4) is 0 Å². The largest absolute Gasteiger partial charge is 0.345 e. The molecular formula is C12H15BrN2S. The zero-order chi connectivity index (χ0) is 11.8. The lowest BCUT2D eigenvalue weighted by molar-refractivity contribution is 0.551. The van der Waals surface area contributed by atoms with Gasteiger partial charge in [-0.3, -0.25) is 0 Å². The van der Waals surface area contributed by atoms with E-state index in [0.717, 1.165) is 16.0 Å². The second kappa shape index (κ2) is 4.34. The third kappa shape index (κ3) is 2.09. The van der Waals surface area contributed by atoms with Gasteiger partial charge in [-0.2, -0.15) is 0 Å². The monoisotopic (exact) mass is 298 g/mol. The van der Waals surface area contributed by atoms with E-state index in [9.17, 15) is 0 Å². The molecule has 2 aromatic rings. The molecule has 0 amide bonds. The molecule has 0 aliphatic heterocycles. The fraction of sp³-hybridized carbons (Fsp3) is 0.417. The highest BCUT2D eigenvalue weighted by molar-refractivity contribution is 9.09. The molecular weight excluding hydrogens is 284 g/mol. The summed E-state index contributed by atoms with van der Waals surface area (Å²) in [5.74, 6) is 0. The van der Waals surface area contributed by atoms with Gasteiger partial charge in [-0.1, -0.05) is 39.4 Å². The number of benzene rings is 1. The van der Waals surface area contributed by atoms with E-state index < -0.39 is 0 Å². The Hall–Kier alpha value is -0.610. The Labute approximate surface area is 108 Å². The van der Waals surface area contributed by atoms with Crippen LogP contribution in [0.5, 0.6) is 0 Å². The van der Waals surface area contributed by atoms with Crippen LogP contribution < -0.4 is 4.90 Å². The fourth-order valence-electron chi connectivity index (χ4n) is 1.35. The fourth-order valence-corrected chi connectivity index (χ4v) is 2.82. The Kier molecular flexibility index (Phi) is 3.22. The van der Waals surface area contributed by atoms with E-state index in [1.165, 1.54) is 4.70 Å². The number of hydrogen-bond acceptors (Lipinski definition) is 3. The molecule has 0 unspecified atom stereocenters. The van der Waals surface area contributed by atoms with E-state index in [1.54, 1.807) is 11.3 Å². The Balaban J connectivity index is 2.40. The Morgan fingerprint density at radius 2 is 2.06 bits per heavy atom. The third-order valence-electron chi connectivity index (χ3n) is 2.80. The molecule has 0 radical (unpaired) electrons. The molecule has 2 rings (SSSR count). The summed E-state index contributed by atoms with van der Waals surface area (Å²) in [4.78, 5) is 6.88. The smallest absolute Gasteiger partial charge is 0.186 e. The molecule has 16 heavy (non-hydrogen) atoms. The summed E-state index contributed by atoms with van der Waals surface area (Å²) in [7, 11) is 2.10. The van der Waals surface area contributed by atoms with Crippen molar-refractivity contribution in [3.05, 3.63) is 24.3 Å². The number of rotatable bonds is 3. The molecule has 0 N–H and O–H groups in total. The number of nitrogens with zero attached hydrogens (tertiary/aromatic N) is 2. The highest BCUT2D eigenvalue weighted by atomic mass is 79.9. The number of anilines is 1. The molecule has 0 saturated heterocycles. The zero-order valence-corrected chi connectivity index (χ0v) is 12.1. The van der Waals surface area contributed by atoms with Gasteiger partial charge in [-0.05, 0) is 26.0 Å². The lowest BCUT2D eigenvalue weighted by Gasteiger charge is -2.33. The van der Waals surface area contributed by atoms with E-state index in [2.05, 4.69) is 64.9 Å². The molecule has 1 aromatic carbocycles. The standard InChI is InChI=1S/C12H15BrN2S/c1-12(2,8-13)15(3)11-14-9-6-4-5-7-10(9)16-11/h4-7H,8H2,1-3H3. The van der Waals surface area contributed by atoms with E-state index >= 15 is 0 Å². The number of thiazole rings is 1. The molecule has 0 spiro atoms. The molecule has 0 atom stereocenters. The summed E-state index contributed by atoms with van der Waals surface area (Å²) < 4.78 is 1.25.